The average Bonchev–Trinajstić information content (AvgIpc) is 3.53. The minimum Gasteiger partial charge on any atom is -0.390 e. The van der Waals surface area contributed by atoms with E-state index in [1.54, 1.807) is 41.2 Å². The monoisotopic (exact) mass is 577 g/mol. The summed E-state index contributed by atoms with van der Waals surface area (Å²) in [5.74, 6) is -0.686. The molecular weight excluding hydrogens is 554 g/mol. The maximum absolute atomic E-state index is 13.5. The molecule has 10 heteroatoms. The first-order valence-electron chi connectivity index (χ1n) is 12.0. The lowest BCUT2D eigenvalue weighted by molar-refractivity contribution is 0.0981. The molecule has 0 saturated carbocycles. The first-order valence-corrected chi connectivity index (χ1v) is 14.7. The number of thiophene rings is 1. The lowest BCUT2D eigenvalue weighted by Gasteiger charge is -2.10. The Kier molecular flexibility index (Phi) is 7.94. The average molecular weight is 578 g/mol. The number of aliphatic hydroxyl groups is 1. The zero-order valence-corrected chi connectivity index (χ0v) is 23.0. The molecule has 0 saturated heterocycles. The topological polar surface area (TPSA) is 101 Å². The number of nitrogens with zero attached hydrogens (tertiary/aromatic N) is 2. The number of rotatable bonds is 9. The number of aliphatic hydroxyl groups excluding tert-OH is 1. The van der Waals surface area contributed by atoms with Crippen LogP contribution in [0.3, 0.4) is 0 Å². The normalized spacial score (nSPS) is 11.4. The van der Waals surface area contributed by atoms with Gasteiger partial charge in [0.1, 0.15) is 4.21 Å². The van der Waals surface area contributed by atoms with Crippen molar-refractivity contribution in [3.05, 3.63) is 130 Å². The molecule has 0 aliphatic heterocycles. The maximum atomic E-state index is 13.5. The van der Waals surface area contributed by atoms with Crippen LogP contribution in [0.15, 0.2) is 102 Å². The smallest absolute Gasteiger partial charge is 0.274 e. The summed E-state index contributed by atoms with van der Waals surface area (Å²) in [6, 6.07) is 27.4. The summed E-state index contributed by atoms with van der Waals surface area (Å²) in [6.07, 6.45) is 2.13. The zero-order chi connectivity index (χ0) is 27.4. The highest BCUT2D eigenvalue weighted by molar-refractivity contribution is 7.92. The van der Waals surface area contributed by atoms with Gasteiger partial charge in [-0.15, -0.1) is 11.3 Å². The molecule has 2 heterocycles. The van der Waals surface area contributed by atoms with Gasteiger partial charge in [-0.05, 0) is 34.9 Å². The van der Waals surface area contributed by atoms with Gasteiger partial charge in [0.05, 0.1) is 18.6 Å². The van der Waals surface area contributed by atoms with Gasteiger partial charge in [-0.25, -0.2) is 18.1 Å². The van der Waals surface area contributed by atoms with Crippen molar-refractivity contribution in [2.75, 3.05) is 0 Å². The standard InChI is InChI=1S/C29H24ClN3O4S2/c30-27-26(18-34)33(19-31-27)17-21-11-13-22(14-12-21)25-16-24(15-20-7-3-1-4-8-20)38-29(25)39(36,37)32-28(35)23-9-5-2-6-10-23/h1-14,16,19,34H,15,17-18H2,(H,32,35). The van der Waals surface area contributed by atoms with Crippen LogP contribution in [-0.2, 0) is 29.6 Å². The third-order valence-electron chi connectivity index (χ3n) is 6.14. The molecule has 0 radical (unpaired) electrons. The largest absolute Gasteiger partial charge is 0.390 e. The van der Waals surface area contributed by atoms with Gasteiger partial charge in [0, 0.05) is 29.0 Å². The Balaban J connectivity index is 1.48. The lowest BCUT2D eigenvalue weighted by Crippen LogP contribution is -2.30. The Labute approximate surface area is 235 Å². The highest BCUT2D eigenvalue weighted by Crippen LogP contribution is 2.36. The van der Waals surface area contributed by atoms with Gasteiger partial charge in [-0.2, -0.15) is 0 Å². The van der Waals surface area contributed by atoms with Crippen LogP contribution in [0.4, 0.5) is 0 Å². The van der Waals surface area contributed by atoms with E-state index in [1.165, 1.54) is 0 Å². The maximum Gasteiger partial charge on any atom is 0.274 e. The second-order valence-corrected chi connectivity index (χ2v) is 12.2. The molecular formula is C29H24ClN3O4S2. The molecule has 0 aliphatic carbocycles. The first-order chi connectivity index (χ1) is 18.8. The van der Waals surface area contributed by atoms with Gasteiger partial charge in [0.25, 0.3) is 15.9 Å². The number of hydrogen-bond acceptors (Lipinski definition) is 6. The lowest BCUT2D eigenvalue weighted by atomic mass is 10.0. The molecule has 2 N–H and O–H groups in total. The number of hydrogen-bond donors (Lipinski definition) is 2. The fraction of sp³-hybridized carbons (Fsp3) is 0.103. The SMILES string of the molecule is O=C(NS(=O)(=O)c1sc(Cc2ccccc2)cc1-c1ccc(Cn2cnc(Cl)c2CO)cc1)c1ccccc1. The number of benzene rings is 3. The molecule has 2 aromatic heterocycles. The van der Waals surface area contributed by atoms with Crippen molar-refractivity contribution in [2.45, 2.75) is 23.8 Å². The molecule has 0 spiro atoms. The van der Waals surface area contributed by atoms with E-state index in [0.29, 0.717) is 29.8 Å². The predicted octanol–water partition coefficient (Wildman–Crippen LogP) is 5.52. The molecule has 1 amide bonds. The van der Waals surface area contributed by atoms with E-state index >= 15 is 0 Å². The Hall–Kier alpha value is -3.76. The highest BCUT2D eigenvalue weighted by Gasteiger charge is 2.26. The highest BCUT2D eigenvalue weighted by atomic mass is 35.5. The van der Waals surface area contributed by atoms with Crippen molar-refractivity contribution in [2.24, 2.45) is 0 Å². The molecule has 0 fully saturated rings. The molecule has 3 aromatic carbocycles. The first kappa shape index (κ1) is 26.8. The number of amides is 1. The van der Waals surface area contributed by atoms with Gasteiger partial charge < -0.3 is 9.67 Å². The van der Waals surface area contributed by atoms with E-state index < -0.39 is 15.9 Å². The zero-order valence-electron chi connectivity index (χ0n) is 20.6. The second kappa shape index (κ2) is 11.5. The Morgan fingerprint density at radius 1 is 0.949 bits per heavy atom. The molecule has 0 atom stereocenters. The van der Waals surface area contributed by atoms with Crippen molar-refractivity contribution in [3.63, 3.8) is 0 Å². The molecule has 0 aliphatic rings. The summed E-state index contributed by atoms with van der Waals surface area (Å²) in [6.45, 7) is 0.211. The minimum atomic E-state index is -4.16. The molecule has 0 unspecified atom stereocenters. The van der Waals surface area contributed by atoms with Crippen molar-refractivity contribution in [1.29, 1.82) is 0 Å². The number of carbonyl (C=O) groups excluding carboxylic acids is 1. The quantitative estimate of drug-likeness (QED) is 0.240. The van der Waals surface area contributed by atoms with Crippen LogP contribution >= 0.6 is 22.9 Å². The van der Waals surface area contributed by atoms with E-state index in [0.717, 1.165) is 27.3 Å². The van der Waals surface area contributed by atoms with Crippen molar-refractivity contribution in [1.82, 2.24) is 14.3 Å². The van der Waals surface area contributed by atoms with Crippen LogP contribution in [0.5, 0.6) is 0 Å². The molecule has 198 valence electrons. The number of carbonyl (C=O) groups is 1. The summed E-state index contributed by atoms with van der Waals surface area (Å²) in [5.41, 5.74) is 3.97. The third kappa shape index (κ3) is 6.12. The summed E-state index contributed by atoms with van der Waals surface area (Å²) < 4.78 is 31.0. The number of imidazole rings is 1. The summed E-state index contributed by atoms with van der Waals surface area (Å²) in [7, 11) is -4.16. The second-order valence-electron chi connectivity index (χ2n) is 8.84. The van der Waals surface area contributed by atoms with Crippen LogP contribution in [0, 0.1) is 0 Å². The van der Waals surface area contributed by atoms with E-state index in [1.807, 2.05) is 60.7 Å². The van der Waals surface area contributed by atoms with E-state index in [2.05, 4.69) is 9.71 Å². The molecule has 7 nitrogen and oxygen atoms in total. The van der Waals surface area contributed by atoms with Gasteiger partial charge in [-0.3, -0.25) is 4.79 Å². The van der Waals surface area contributed by atoms with Gasteiger partial charge >= 0.3 is 0 Å². The van der Waals surface area contributed by atoms with Gasteiger partial charge in [0.15, 0.2) is 5.15 Å². The molecule has 5 aromatic rings. The van der Waals surface area contributed by atoms with Crippen LogP contribution in [0.1, 0.15) is 32.1 Å². The molecule has 39 heavy (non-hydrogen) atoms. The van der Waals surface area contributed by atoms with Crippen LogP contribution in [-0.4, -0.2) is 29.0 Å². The Morgan fingerprint density at radius 2 is 1.62 bits per heavy atom. The third-order valence-corrected chi connectivity index (χ3v) is 9.46. The van der Waals surface area contributed by atoms with Crippen molar-refractivity contribution in [3.8, 4) is 11.1 Å². The van der Waals surface area contributed by atoms with Crippen LogP contribution in [0.25, 0.3) is 11.1 Å². The summed E-state index contributed by atoms with van der Waals surface area (Å²) in [4.78, 5) is 17.6. The Morgan fingerprint density at radius 3 is 2.28 bits per heavy atom. The van der Waals surface area contributed by atoms with Gasteiger partial charge in [-0.1, -0.05) is 84.4 Å². The fourth-order valence-corrected chi connectivity index (χ4v) is 7.15. The minimum absolute atomic E-state index is 0.0782. The molecule has 0 bridgehead atoms. The Bertz CT molecular complexity index is 1700. The number of halogens is 1. The summed E-state index contributed by atoms with van der Waals surface area (Å²) in [5, 5.41) is 9.83. The fourth-order valence-electron chi connectivity index (χ4n) is 4.19. The predicted molar refractivity (Wildman–Crippen MR) is 152 cm³/mol. The van der Waals surface area contributed by atoms with Gasteiger partial charge in [0.2, 0.25) is 0 Å². The van der Waals surface area contributed by atoms with E-state index in [-0.39, 0.29) is 21.5 Å². The summed E-state index contributed by atoms with van der Waals surface area (Å²) >= 11 is 7.18. The number of nitrogens with one attached hydrogen (secondary N) is 1. The van der Waals surface area contributed by atoms with Crippen LogP contribution in [0.2, 0.25) is 5.15 Å². The van der Waals surface area contributed by atoms with Crippen molar-refractivity contribution >= 4 is 38.9 Å². The number of aromatic nitrogens is 2. The van der Waals surface area contributed by atoms with E-state index in [4.69, 9.17) is 11.6 Å². The molecule has 5 rings (SSSR count). The van der Waals surface area contributed by atoms with Crippen LogP contribution < -0.4 is 4.72 Å². The van der Waals surface area contributed by atoms with E-state index in [9.17, 15) is 18.3 Å². The number of sulfonamides is 1. The van der Waals surface area contributed by atoms with Crippen molar-refractivity contribution < 1.29 is 18.3 Å².